The van der Waals surface area contributed by atoms with Crippen LogP contribution in [0.25, 0.3) is 0 Å². The van der Waals surface area contributed by atoms with Crippen molar-refractivity contribution in [2.45, 2.75) is 257 Å². The number of carboxylic acids is 1. The number of nitrogens with two attached hydrogens (primary N) is 1. The van der Waals surface area contributed by atoms with Crippen molar-refractivity contribution in [1.29, 1.82) is 0 Å². The van der Waals surface area contributed by atoms with Gasteiger partial charge in [-0.05, 0) is 117 Å². The molecule has 0 aromatic rings. The summed E-state index contributed by atoms with van der Waals surface area (Å²) in [6, 6.07) is -11.0. The molecule has 0 saturated carbocycles. The van der Waals surface area contributed by atoms with E-state index in [1.165, 1.54) is 0 Å². The standard InChI is InChI=1S/C59H110N10O11/c1-30(2)21-40(51(71)63-42(23-32(5)6)53(73)65-44(25-34(9)10)55(75)67-46(27-36(13)14)57(77)69-48(59(79)80)29-38(17)18)61-50(70)41(22-31(3)4)62-52(72)43(24-33(7)8)64-54(74)45(26-35(11)12)66-56(76)47(28-37(15)16)68-58(78)49(60)39(19)20/h30-49H,21-29,60H2,1-20H3,(H,61,70)(H,62,72)(H,63,71)(H,64,74)(H,65,73)(H,66,76)(H,67,75)(H,68,78)(H,69,77)(H,79,80)/t40-,41-,42-,43-,44-,45-,46-,47-,48-,49-/m0/s1. The number of hydrogen-bond acceptors (Lipinski definition) is 11. The van der Waals surface area contributed by atoms with Crippen LogP contribution < -0.4 is 53.6 Å². The number of hydrogen-bond donors (Lipinski definition) is 11. The van der Waals surface area contributed by atoms with E-state index in [2.05, 4.69) is 47.9 Å². The second kappa shape index (κ2) is 36.9. The number of rotatable bonds is 38. The van der Waals surface area contributed by atoms with E-state index in [4.69, 9.17) is 5.73 Å². The molecule has 0 rings (SSSR count). The molecule has 0 radical (unpaired) electrons. The van der Waals surface area contributed by atoms with Crippen molar-refractivity contribution in [1.82, 2.24) is 47.9 Å². The van der Waals surface area contributed by atoms with Crippen LogP contribution in [0.1, 0.15) is 196 Å². The molecule has 0 aliphatic heterocycles. The molecule has 0 saturated heterocycles. The summed E-state index contributed by atoms with van der Waals surface area (Å²) in [5.74, 6) is -7.80. The Kier molecular flexibility index (Phi) is 34.4. The zero-order chi connectivity index (χ0) is 62.0. The van der Waals surface area contributed by atoms with Crippen molar-refractivity contribution in [2.75, 3.05) is 0 Å². The molecule has 0 aliphatic rings. The van der Waals surface area contributed by atoms with Gasteiger partial charge in [-0.15, -0.1) is 0 Å². The third-order valence-electron chi connectivity index (χ3n) is 13.1. The second-order valence-corrected chi connectivity index (χ2v) is 26.3. The third-order valence-corrected chi connectivity index (χ3v) is 13.1. The predicted octanol–water partition coefficient (Wildman–Crippen LogP) is 4.83. The second-order valence-electron chi connectivity index (χ2n) is 26.3. The van der Waals surface area contributed by atoms with Gasteiger partial charge in [-0.3, -0.25) is 43.2 Å². The molecule has 21 nitrogen and oxygen atoms in total. The van der Waals surface area contributed by atoms with Crippen LogP contribution in [-0.4, -0.2) is 125 Å². The Hall–Kier alpha value is -5.34. The van der Waals surface area contributed by atoms with E-state index >= 15 is 0 Å². The minimum absolute atomic E-state index is 0.00272. The highest BCUT2D eigenvalue weighted by Crippen LogP contribution is 2.17. The number of nitrogens with one attached hydrogen (secondary N) is 9. The van der Waals surface area contributed by atoms with Crippen LogP contribution in [0.15, 0.2) is 0 Å². The van der Waals surface area contributed by atoms with Gasteiger partial charge in [0.05, 0.1) is 6.04 Å². The van der Waals surface area contributed by atoms with Crippen molar-refractivity contribution in [3.8, 4) is 0 Å². The fraction of sp³-hybridized carbons (Fsp3) is 0.831. The maximum absolute atomic E-state index is 14.4. The lowest BCUT2D eigenvalue weighted by Crippen LogP contribution is -2.61. The summed E-state index contributed by atoms with van der Waals surface area (Å²) in [7, 11) is 0. The quantitative estimate of drug-likeness (QED) is 0.0396. The average molecular weight is 1140 g/mol. The van der Waals surface area contributed by atoms with Crippen molar-refractivity contribution in [3.05, 3.63) is 0 Å². The summed E-state index contributed by atoms with van der Waals surface area (Å²) in [6.45, 7) is 37.2. The fourth-order valence-corrected chi connectivity index (χ4v) is 9.07. The molecular formula is C59H110N10O11. The summed E-state index contributed by atoms with van der Waals surface area (Å²) < 4.78 is 0. The molecule has 0 aromatic carbocycles. The number of amides is 9. The number of carbonyl (C=O) groups is 10. The molecule has 0 unspecified atom stereocenters. The van der Waals surface area contributed by atoms with Gasteiger partial charge in [0, 0.05) is 0 Å². The zero-order valence-corrected chi connectivity index (χ0v) is 52.5. The summed E-state index contributed by atoms with van der Waals surface area (Å²) >= 11 is 0. The Balaban J connectivity index is 6.82. The van der Waals surface area contributed by atoms with Crippen LogP contribution in [-0.2, 0) is 47.9 Å². The molecule has 12 N–H and O–H groups in total. The van der Waals surface area contributed by atoms with E-state index in [0.29, 0.717) is 0 Å². The van der Waals surface area contributed by atoms with Gasteiger partial charge < -0.3 is 58.7 Å². The van der Waals surface area contributed by atoms with Gasteiger partial charge >= 0.3 is 5.97 Å². The van der Waals surface area contributed by atoms with E-state index in [1.54, 1.807) is 13.8 Å². The average Bonchev–Trinajstić information content (AvgIpc) is 3.30. The van der Waals surface area contributed by atoms with Gasteiger partial charge in [0.2, 0.25) is 53.2 Å². The van der Waals surface area contributed by atoms with Crippen LogP contribution in [0.2, 0.25) is 0 Å². The maximum Gasteiger partial charge on any atom is 0.326 e. The summed E-state index contributed by atoms with van der Waals surface area (Å²) in [5.41, 5.74) is 6.10. The van der Waals surface area contributed by atoms with Gasteiger partial charge in [-0.1, -0.05) is 138 Å². The lowest BCUT2D eigenvalue weighted by molar-refractivity contribution is -0.143. The Morgan fingerprint density at radius 3 is 0.500 bits per heavy atom. The first-order valence-electron chi connectivity index (χ1n) is 29.6. The largest absolute Gasteiger partial charge is 0.480 e. The lowest BCUT2D eigenvalue weighted by Gasteiger charge is -2.30. The van der Waals surface area contributed by atoms with Gasteiger partial charge in [0.1, 0.15) is 54.4 Å². The SMILES string of the molecule is CC(C)C[C@H](NC(=O)[C@H](CC(C)C)NC(=O)[C@H](CC(C)C)NC(=O)[C@H](CC(C)C)NC(=O)[C@H](CC(C)C)NC(=O)[C@H](CC(C)C)NC(=O)[C@H](CC(C)C)NC(=O)[C@H](CC(C)C)NC(=O)[C@H](CC(C)C)NC(=O)[C@@H](N)C(C)C)C(=O)O. The van der Waals surface area contributed by atoms with Crippen molar-refractivity contribution in [2.24, 2.45) is 64.9 Å². The smallest absolute Gasteiger partial charge is 0.326 e. The molecule has 0 heterocycles. The molecule has 0 bridgehead atoms. The first kappa shape index (κ1) is 74.7. The van der Waals surface area contributed by atoms with E-state index in [9.17, 15) is 53.1 Å². The van der Waals surface area contributed by atoms with Gasteiger partial charge in [-0.2, -0.15) is 0 Å². The highest BCUT2D eigenvalue weighted by atomic mass is 16.4. The van der Waals surface area contributed by atoms with E-state index in [0.717, 1.165) is 0 Å². The highest BCUT2D eigenvalue weighted by molar-refractivity contribution is 5.98. The van der Waals surface area contributed by atoms with E-state index < -0.39 is 120 Å². The molecule has 80 heavy (non-hydrogen) atoms. The van der Waals surface area contributed by atoms with Gasteiger partial charge in [0.25, 0.3) is 0 Å². The Morgan fingerprint density at radius 2 is 0.375 bits per heavy atom. The molecule has 10 atom stereocenters. The molecule has 0 aromatic heterocycles. The molecule has 462 valence electrons. The minimum atomic E-state index is -1.20. The topological polar surface area (TPSA) is 325 Å². The van der Waals surface area contributed by atoms with Crippen LogP contribution in [0, 0.1) is 59.2 Å². The van der Waals surface area contributed by atoms with Crippen molar-refractivity contribution < 1.29 is 53.1 Å². The fourth-order valence-electron chi connectivity index (χ4n) is 9.07. The zero-order valence-electron chi connectivity index (χ0n) is 52.5. The Morgan fingerprint density at radius 1 is 0.250 bits per heavy atom. The lowest BCUT2D eigenvalue weighted by atomic mass is 9.97. The molecule has 9 amide bonds. The molecule has 0 spiro atoms. The number of carboxylic acid groups (broad SMARTS) is 1. The summed E-state index contributed by atoms with van der Waals surface area (Å²) in [6.07, 6.45) is 1.66. The Labute approximate surface area is 480 Å². The van der Waals surface area contributed by atoms with Crippen LogP contribution in [0.4, 0.5) is 0 Å². The monoisotopic (exact) mass is 1130 g/mol. The van der Waals surface area contributed by atoms with Gasteiger partial charge in [0.15, 0.2) is 0 Å². The van der Waals surface area contributed by atoms with Crippen molar-refractivity contribution in [3.63, 3.8) is 0 Å². The highest BCUT2D eigenvalue weighted by Gasteiger charge is 2.37. The summed E-state index contributed by atoms with van der Waals surface area (Å²) in [5, 5.41) is 34.9. The molecule has 0 aliphatic carbocycles. The number of aliphatic carboxylic acids is 1. The Bertz CT molecular complexity index is 1990. The number of carbonyl (C=O) groups excluding carboxylic acids is 9. The molecular weight excluding hydrogens is 1020 g/mol. The normalized spacial score (nSPS) is 15.7. The van der Waals surface area contributed by atoms with Crippen molar-refractivity contribution >= 4 is 59.1 Å². The molecule has 0 fully saturated rings. The maximum atomic E-state index is 14.4. The molecule has 21 heteroatoms. The summed E-state index contributed by atoms with van der Waals surface area (Å²) in [4.78, 5) is 138. The van der Waals surface area contributed by atoms with Gasteiger partial charge in [-0.25, -0.2) is 4.79 Å². The van der Waals surface area contributed by atoms with E-state index in [1.807, 2.05) is 125 Å². The van der Waals surface area contributed by atoms with Crippen LogP contribution >= 0.6 is 0 Å². The van der Waals surface area contributed by atoms with E-state index in [-0.39, 0.29) is 117 Å². The first-order chi connectivity index (χ1) is 36.8. The van der Waals surface area contributed by atoms with Crippen LogP contribution in [0.3, 0.4) is 0 Å². The predicted molar refractivity (Wildman–Crippen MR) is 313 cm³/mol. The minimum Gasteiger partial charge on any atom is -0.480 e. The third kappa shape index (κ3) is 30.5. The van der Waals surface area contributed by atoms with Crippen LogP contribution in [0.5, 0.6) is 0 Å². The first-order valence-corrected chi connectivity index (χ1v) is 29.6.